The molecule has 1 fully saturated rings. The fourth-order valence-electron chi connectivity index (χ4n) is 4.27. The maximum absolute atomic E-state index is 12.5. The molecule has 3 nitrogen and oxygen atoms in total. The average Bonchev–Trinajstić information content (AvgIpc) is 2.80. The second-order valence-electron chi connectivity index (χ2n) is 6.92. The molecule has 0 unspecified atom stereocenters. The molecule has 1 aliphatic carbocycles. The van der Waals surface area contributed by atoms with Crippen molar-refractivity contribution in [1.82, 2.24) is 0 Å². The fourth-order valence-corrected chi connectivity index (χ4v) is 4.27. The number of rotatable bonds is 4. The highest BCUT2D eigenvalue weighted by Crippen LogP contribution is 2.46. The van der Waals surface area contributed by atoms with E-state index in [0.717, 1.165) is 38.5 Å². The van der Waals surface area contributed by atoms with E-state index in [1.54, 1.807) is 0 Å². The van der Waals surface area contributed by atoms with E-state index >= 15 is 0 Å². The highest BCUT2D eigenvalue weighted by Gasteiger charge is 2.50. The topological polar surface area (TPSA) is 46.5 Å². The number of esters is 1. The smallest absolute Gasteiger partial charge is 0.338 e. The molecule has 2 aliphatic rings. The fraction of sp³-hybridized carbons (Fsp3) is 0.550. The minimum atomic E-state index is -0.728. The van der Waals surface area contributed by atoms with Crippen molar-refractivity contribution in [3.05, 3.63) is 47.2 Å². The molecule has 2 atom stereocenters. The Hall–Kier alpha value is -1.77. The standard InChI is InChI=1S/C20H26O3/c1-3-16(15-10-6-4-7-11-15)14(2)17-18(21)20(23-19(17)22)12-8-5-9-13-20/h4,6-7,10-11,14,16,21H,3,5,8-9,12-13H2,1-2H3/t14-,16+/m0/s1. The van der Waals surface area contributed by atoms with Crippen molar-refractivity contribution < 1.29 is 14.6 Å². The van der Waals surface area contributed by atoms with E-state index in [-0.39, 0.29) is 23.6 Å². The number of hydrogen-bond donors (Lipinski definition) is 1. The van der Waals surface area contributed by atoms with Gasteiger partial charge in [0.1, 0.15) is 5.76 Å². The van der Waals surface area contributed by atoms with E-state index in [0.29, 0.717) is 5.57 Å². The molecular formula is C20H26O3. The van der Waals surface area contributed by atoms with Gasteiger partial charge in [-0.1, -0.05) is 50.6 Å². The van der Waals surface area contributed by atoms with Crippen LogP contribution < -0.4 is 0 Å². The maximum atomic E-state index is 12.5. The Kier molecular flexibility index (Phi) is 4.47. The van der Waals surface area contributed by atoms with Crippen molar-refractivity contribution in [1.29, 1.82) is 0 Å². The first-order valence-corrected chi connectivity index (χ1v) is 8.81. The molecule has 23 heavy (non-hydrogen) atoms. The summed E-state index contributed by atoms with van der Waals surface area (Å²) in [5.41, 5.74) is 0.983. The number of carbonyl (C=O) groups excluding carboxylic acids is 1. The van der Waals surface area contributed by atoms with Gasteiger partial charge in [0.25, 0.3) is 0 Å². The zero-order valence-corrected chi connectivity index (χ0v) is 14.0. The molecule has 124 valence electrons. The lowest BCUT2D eigenvalue weighted by molar-refractivity contribution is -0.151. The van der Waals surface area contributed by atoms with E-state index in [9.17, 15) is 9.90 Å². The van der Waals surface area contributed by atoms with E-state index < -0.39 is 5.60 Å². The van der Waals surface area contributed by atoms with Gasteiger partial charge in [0, 0.05) is 0 Å². The normalized spacial score (nSPS) is 23.0. The summed E-state index contributed by atoms with van der Waals surface area (Å²) in [6.07, 6.45) is 5.59. The summed E-state index contributed by atoms with van der Waals surface area (Å²) in [4.78, 5) is 12.5. The second-order valence-corrected chi connectivity index (χ2v) is 6.92. The Bertz CT molecular complexity index is 597. The molecule has 1 aromatic carbocycles. The predicted octanol–water partition coefficient (Wildman–Crippen LogP) is 4.89. The van der Waals surface area contributed by atoms with Gasteiger partial charge in [-0.2, -0.15) is 0 Å². The van der Waals surface area contributed by atoms with Crippen LogP contribution in [0.3, 0.4) is 0 Å². The molecule has 3 heteroatoms. The van der Waals surface area contributed by atoms with Crippen LogP contribution in [0.25, 0.3) is 0 Å². The third kappa shape index (κ3) is 2.77. The minimum Gasteiger partial charge on any atom is -0.507 e. The second kappa shape index (κ2) is 6.38. The van der Waals surface area contributed by atoms with Gasteiger partial charge in [-0.3, -0.25) is 0 Å². The van der Waals surface area contributed by atoms with Crippen LogP contribution in [0.15, 0.2) is 41.7 Å². The molecule has 0 aromatic heterocycles. The molecule has 1 aromatic rings. The van der Waals surface area contributed by atoms with Crippen LogP contribution in [0.2, 0.25) is 0 Å². The molecule has 3 rings (SSSR count). The lowest BCUT2D eigenvalue weighted by atomic mass is 9.77. The van der Waals surface area contributed by atoms with Crippen LogP contribution in [0.5, 0.6) is 0 Å². The highest BCUT2D eigenvalue weighted by atomic mass is 16.6. The SMILES string of the molecule is CC[C@@H](c1ccccc1)[C@H](C)C1=C(O)C2(CCCCC2)OC1=O. The number of aliphatic hydroxyl groups excluding tert-OH is 1. The van der Waals surface area contributed by atoms with Crippen LogP contribution in [0.4, 0.5) is 0 Å². The van der Waals surface area contributed by atoms with E-state index in [1.165, 1.54) is 5.56 Å². The van der Waals surface area contributed by atoms with Crippen molar-refractivity contribution in [2.45, 2.75) is 63.9 Å². The molecule has 0 saturated heterocycles. The minimum absolute atomic E-state index is 0.0452. The van der Waals surface area contributed by atoms with E-state index in [2.05, 4.69) is 19.1 Å². The van der Waals surface area contributed by atoms with Gasteiger partial charge in [0.2, 0.25) is 0 Å². The van der Waals surface area contributed by atoms with Crippen LogP contribution >= 0.6 is 0 Å². The first-order chi connectivity index (χ1) is 11.1. The zero-order chi connectivity index (χ0) is 16.4. The molecule has 1 heterocycles. The summed E-state index contributed by atoms with van der Waals surface area (Å²) in [6.45, 7) is 4.16. The lowest BCUT2D eigenvalue weighted by Gasteiger charge is -2.31. The van der Waals surface area contributed by atoms with Gasteiger partial charge in [-0.25, -0.2) is 4.79 Å². The summed E-state index contributed by atoms with van der Waals surface area (Å²) in [5, 5.41) is 10.8. The van der Waals surface area contributed by atoms with Crippen LogP contribution in [-0.4, -0.2) is 16.7 Å². The first kappa shape index (κ1) is 16.1. The van der Waals surface area contributed by atoms with Gasteiger partial charge in [-0.15, -0.1) is 0 Å². The summed E-state index contributed by atoms with van der Waals surface area (Å²) in [6, 6.07) is 10.2. The maximum Gasteiger partial charge on any atom is 0.338 e. The number of aliphatic hydroxyl groups is 1. The summed E-state index contributed by atoms with van der Waals surface area (Å²) in [7, 11) is 0. The van der Waals surface area contributed by atoms with Gasteiger partial charge >= 0.3 is 5.97 Å². The van der Waals surface area contributed by atoms with Gasteiger partial charge in [-0.05, 0) is 49.5 Å². The predicted molar refractivity (Wildman–Crippen MR) is 90.2 cm³/mol. The van der Waals surface area contributed by atoms with Crippen LogP contribution in [-0.2, 0) is 9.53 Å². The van der Waals surface area contributed by atoms with Crippen molar-refractivity contribution in [2.24, 2.45) is 5.92 Å². The number of carbonyl (C=O) groups is 1. The Balaban J connectivity index is 1.93. The summed E-state index contributed by atoms with van der Waals surface area (Å²) >= 11 is 0. The van der Waals surface area contributed by atoms with Gasteiger partial charge < -0.3 is 9.84 Å². The number of hydrogen-bond acceptors (Lipinski definition) is 3. The molecule has 1 aliphatic heterocycles. The Morgan fingerprint density at radius 2 is 1.83 bits per heavy atom. The largest absolute Gasteiger partial charge is 0.507 e. The van der Waals surface area contributed by atoms with Gasteiger partial charge in [0.15, 0.2) is 5.60 Å². The van der Waals surface area contributed by atoms with Crippen LogP contribution in [0.1, 0.15) is 63.9 Å². The van der Waals surface area contributed by atoms with Crippen molar-refractivity contribution in [2.75, 3.05) is 0 Å². The molecule has 1 N–H and O–H groups in total. The molecule has 0 bridgehead atoms. The quantitative estimate of drug-likeness (QED) is 0.805. The lowest BCUT2D eigenvalue weighted by Crippen LogP contribution is -2.34. The Labute approximate surface area is 138 Å². The highest BCUT2D eigenvalue weighted by molar-refractivity contribution is 5.93. The molecular weight excluding hydrogens is 288 g/mol. The van der Waals surface area contributed by atoms with Crippen molar-refractivity contribution in [3.63, 3.8) is 0 Å². The Morgan fingerprint density at radius 1 is 1.17 bits per heavy atom. The van der Waals surface area contributed by atoms with Crippen molar-refractivity contribution >= 4 is 5.97 Å². The Morgan fingerprint density at radius 3 is 2.43 bits per heavy atom. The molecule has 1 spiro atoms. The molecule has 0 amide bonds. The summed E-state index contributed by atoms with van der Waals surface area (Å²) < 4.78 is 5.70. The van der Waals surface area contributed by atoms with E-state index in [1.807, 2.05) is 25.1 Å². The van der Waals surface area contributed by atoms with E-state index in [4.69, 9.17) is 4.74 Å². The third-order valence-electron chi connectivity index (χ3n) is 5.58. The molecule has 0 radical (unpaired) electrons. The average molecular weight is 314 g/mol. The number of benzene rings is 1. The van der Waals surface area contributed by atoms with Gasteiger partial charge in [0.05, 0.1) is 5.57 Å². The third-order valence-corrected chi connectivity index (χ3v) is 5.58. The molecule has 1 saturated carbocycles. The summed E-state index contributed by atoms with van der Waals surface area (Å²) in [5.74, 6) is 0.0613. The van der Waals surface area contributed by atoms with Crippen LogP contribution in [0, 0.1) is 5.92 Å². The monoisotopic (exact) mass is 314 g/mol. The first-order valence-electron chi connectivity index (χ1n) is 8.81. The number of ether oxygens (including phenoxy) is 1. The van der Waals surface area contributed by atoms with Crippen molar-refractivity contribution in [3.8, 4) is 0 Å². The zero-order valence-electron chi connectivity index (χ0n) is 14.0.